The molecule has 1 saturated heterocycles. The van der Waals surface area contributed by atoms with E-state index in [-0.39, 0.29) is 0 Å². The SMILES string of the molecule is CS(=O)(=O)Nc1cccc2c1CCCN2CCN1CCOCC1. The quantitative estimate of drug-likeness (QED) is 0.872. The highest BCUT2D eigenvalue weighted by atomic mass is 32.2. The average molecular weight is 339 g/mol. The first-order valence-corrected chi connectivity index (χ1v) is 10.1. The lowest BCUT2D eigenvalue weighted by Crippen LogP contribution is -2.42. The summed E-state index contributed by atoms with van der Waals surface area (Å²) in [6.07, 6.45) is 3.17. The lowest BCUT2D eigenvalue weighted by molar-refractivity contribution is 0.0391. The van der Waals surface area contributed by atoms with E-state index in [0.29, 0.717) is 0 Å². The number of ether oxygens (including phenoxy) is 1. The van der Waals surface area contributed by atoms with Crippen LogP contribution in [0, 0.1) is 0 Å². The molecule has 0 aliphatic carbocycles. The molecule has 0 atom stereocenters. The van der Waals surface area contributed by atoms with Crippen molar-refractivity contribution in [3.05, 3.63) is 23.8 Å². The average Bonchev–Trinajstić information content (AvgIpc) is 2.53. The second-order valence-electron chi connectivity index (χ2n) is 6.22. The van der Waals surface area contributed by atoms with Gasteiger partial charge >= 0.3 is 0 Å². The molecular formula is C16H25N3O3S. The lowest BCUT2D eigenvalue weighted by Gasteiger charge is -2.35. The highest BCUT2D eigenvalue weighted by molar-refractivity contribution is 7.92. The number of benzene rings is 1. The van der Waals surface area contributed by atoms with Crippen LogP contribution in [0.2, 0.25) is 0 Å². The Bertz CT molecular complexity index is 642. The predicted molar refractivity (Wildman–Crippen MR) is 92.7 cm³/mol. The molecule has 0 unspecified atom stereocenters. The number of hydrogen-bond acceptors (Lipinski definition) is 5. The van der Waals surface area contributed by atoms with Gasteiger partial charge in [0.2, 0.25) is 10.0 Å². The molecule has 2 aliphatic rings. The van der Waals surface area contributed by atoms with Crippen molar-refractivity contribution in [2.24, 2.45) is 0 Å². The molecule has 23 heavy (non-hydrogen) atoms. The van der Waals surface area contributed by atoms with Crippen molar-refractivity contribution >= 4 is 21.4 Å². The number of sulfonamides is 1. The zero-order valence-corrected chi connectivity index (χ0v) is 14.4. The summed E-state index contributed by atoms with van der Waals surface area (Å²) in [6.45, 7) is 6.65. The first kappa shape index (κ1) is 16.5. The van der Waals surface area contributed by atoms with E-state index in [9.17, 15) is 8.42 Å². The van der Waals surface area contributed by atoms with Crippen LogP contribution < -0.4 is 9.62 Å². The van der Waals surface area contributed by atoms with E-state index in [1.807, 2.05) is 12.1 Å². The van der Waals surface area contributed by atoms with E-state index >= 15 is 0 Å². The lowest BCUT2D eigenvalue weighted by atomic mass is 10.00. The van der Waals surface area contributed by atoms with E-state index in [4.69, 9.17) is 4.74 Å². The van der Waals surface area contributed by atoms with Gasteiger partial charge in [0.15, 0.2) is 0 Å². The first-order valence-electron chi connectivity index (χ1n) is 8.18. The summed E-state index contributed by atoms with van der Waals surface area (Å²) in [5.41, 5.74) is 3.00. The molecule has 128 valence electrons. The van der Waals surface area contributed by atoms with Crippen LogP contribution in [0.3, 0.4) is 0 Å². The molecule has 0 saturated carbocycles. The molecule has 1 N–H and O–H groups in total. The Kier molecular flexibility index (Phi) is 5.08. The van der Waals surface area contributed by atoms with Gasteiger partial charge in [-0.2, -0.15) is 0 Å². The third kappa shape index (κ3) is 4.37. The van der Waals surface area contributed by atoms with Gasteiger partial charge in [0.05, 0.1) is 25.2 Å². The molecule has 0 aromatic heterocycles. The van der Waals surface area contributed by atoms with Crippen LogP contribution in [0.25, 0.3) is 0 Å². The van der Waals surface area contributed by atoms with Gasteiger partial charge in [-0.05, 0) is 30.5 Å². The Morgan fingerprint density at radius 2 is 1.96 bits per heavy atom. The van der Waals surface area contributed by atoms with Gasteiger partial charge in [0, 0.05) is 38.4 Å². The highest BCUT2D eigenvalue weighted by Crippen LogP contribution is 2.33. The maximum Gasteiger partial charge on any atom is 0.229 e. The van der Waals surface area contributed by atoms with E-state index in [1.165, 1.54) is 6.26 Å². The molecule has 0 radical (unpaired) electrons. The molecule has 0 bridgehead atoms. The van der Waals surface area contributed by atoms with Crippen LogP contribution in [0.5, 0.6) is 0 Å². The van der Waals surface area contributed by atoms with Crippen molar-refractivity contribution in [3.63, 3.8) is 0 Å². The molecule has 1 aromatic carbocycles. The number of fused-ring (bicyclic) bond motifs is 1. The first-order chi connectivity index (χ1) is 11.0. The molecule has 7 heteroatoms. The maximum atomic E-state index is 11.6. The van der Waals surface area contributed by atoms with Crippen molar-refractivity contribution < 1.29 is 13.2 Å². The topological polar surface area (TPSA) is 61.9 Å². The number of morpholine rings is 1. The molecule has 0 spiro atoms. The van der Waals surface area contributed by atoms with Crippen molar-refractivity contribution in [2.75, 3.05) is 61.8 Å². The van der Waals surface area contributed by atoms with Crippen LogP contribution in [-0.4, -0.2) is 65.5 Å². The number of hydrogen-bond donors (Lipinski definition) is 1. The van der Waals surface area contributed by atoms with Crippen molar-refractivity contribution in [1.82, 2.24) is 4.90 Å². The molecule has 2 heterocycles. The van der Waals surface area contributed by atoms with Crippen LogP contribution in [0.15, 0.2) is 18.2 Å². The molecule has 0 amide bonds. The Morgan fingerprint density at radius 3 is 2.70 bits per heavy atom. The van der Waals surface area contributed by atoms with Crippen LogP contribution >= 0.6 is 0 Å². The summed E-state index contributed by atoms with van der Waals surface area (Å²) in [5.74, 6) is 0. The van der Waals surface area contributed by atoms with Gasteiger partial charge < -0.3 is 9.64 Å². The van der Waals surface area contributed by atoms with E-state index in [0.717, 1.165) is 75.7 Å². The Hall–Kier alpha value is -1.31. The largest absolute Gasteiger partial charge is 0.379 e. The number of nitrogens with one attached hydrogen (secondary N) is 1. The zero-order valence-electron chi connectivity index (χ0n) is 13.6. The summed E-state index contributed by atoms with van der Waals surface area (Å²) in [7, 11) is -3.25. The van der Waals surface area contributed by atoms with Gasteiger partial charge in [0.25, 0.3) is 0 Å². The minimum absolute atomic E-state index is 0.723. The molecule has 2 aliphatic heterocycles. The second-order valence-corrected chi connectivity index (χ2v) is 7.97. The fourth-order valence-corrected chi connectivity index (χ4v) is 3.91. The van der Waals surface area contributed by atoms with Crippen molar-refractivity contribution in [2.45, 2.75) is 12.8 Å². The third-order valence-electron chi connectivity index (χ3n) is 4.43. The Morgan fingerprint density at radius 1 is 1.17 bits per heavy atom. The minimum Gasteiger partial charge on any atom is -0.379 e. The van der Waals surface area contributed by atoms with Gasteiger partial charge in [-0.3, -0.25) is 9.62 Å². The van der Waals surface area contributed by atoms with Crippen LogP contribution in [0.4, 0.5) is 11.4 Å². The Labute approximate surface area is 138 Å². The normalized spacial score (nSPS) is 19.4. The number of rotatable bonds is 5. The maximum absolute atomic E-state index is 11.6. The Balaban J connectivity index is 1.72. The zero-order chi connectivity index (χ0) is 16.3. The van der Waals surface area contributed by atoms with E-state index in [1.54, 1.807) is 0 Å². The highest BCUT2D eigenvalue weighted by Gasteiger charge is 2.21. The van der Waals surface area contributed by atoms with Crippen LogP contribution in [-0.2, 0) is 21.2 Å². The summed E-state index contributed by atoms with van der Waals surface area (Å²) < 4.78 is 31.2. The molecule has 3 rings (SSSR count). The number of anilines is 2. The summed E-state index contributed by atoms with van der Waals surface area (Å²) in [5, 5.41) is 0. The second kappa shape index (κ2) is 7.07. The molecule has 6 nitrogen and oxygen atoms in total. The fourth-order valence-electron chi connectivity index (χ4n) is 3.32. The van der Waals surface area contributed by atoms with Crippen molar-refractivity contribution in [3.8, 4) is 0 Å². The molecular weight excluding hydrogens is 314 g/mol. The predicted octanol–water partition coefficient (Wildman–Crippen LogP) is 1.14. The van der Waals surface area contributed by atoms with Crippen LogP contribution in [0.1, 0.15) is 12.0 Å². The monoisotopic (exact) mass is 339 g/mol. The van der Waals surface area contributed by atoms with Gasteiger partial charge in [-0.15, -0.1) is 0 Å². The van der Waals surface area contributed by atoms with E-state index in [2.05, 4.69) is 20.6 Å². The van der Waals surface area contributed by atoms with Gasteiger partial charge in [0.1, 0.15) is 0 Å². The summed E-state index contributed by atoms with van der Waals surface area (Å²) in [4.78, 5) is 4.80. The summed E-state index contributed by atoms with van der Waals surface area (Å²) >= 11 is 0. The van der Waals surface area contributed by atoms with Crippen molar-refractivity contribution in [1.29, 1.82) is 0 Å². The smallest absolute Gasteiger partial charge is 0.229 e. The summed E-state index contributed by atoms with van der Waals surface area (Å²) in [6, 6.07) is 5.88. The molecule has 1 aromatic rings. The van der Waals surface area contributed by atoms with E-state index < -0.39 is 10.0 Å². The standard InChI is InChI=1S/C16H25N3O3S/c1-23(20,21)17-15-5-2-6-16-14(15)4-3-7-19(16)9-8-18-10-12-22-13-11-18/h2,5-6,17H,3-4,7-13H2,1H3. The molecule has 1 fully saturated rings. The minimum atomic E-state index is -3.25. The van der Waals surface area contributed by atoms with Gasteiger partial charge in [-0.1, -0.05) is 6.07 Å². The van der Waals surface area contributed by atoms with Gasteiger partial charge in [-0.25, -0.2) is 8.42 Å². The number of nitrogens with zero attached hydrogens (tertiary/aromatic N) is 2. The third-order valence-corrected chi connectivity index (χ3v) is 5.02. The fraction of sp³-hybridized carbons (Fsp3) is 0.625.